The maximum absolute atomic E-state index is 14.8. The number of anilines is 2. The van der Waals surface area contributed by atoms with Crippen LogP contribution >= 0.6 is 11.9 Å². The van der Waals surface area contributed by atoms with Gasteiger partial charge in [-0.1, -0.05) is 30.9 Å². The summed E-state index contributed by atoms with van der Waals surface area (Å²) in [5.41, 5.74) is 5.40. The average molecular weight is 479 g/mol. The van der Waals surface area contributed by atoms with E-state index < -0.39 is 23.2 Å². The van der Waals surface area contributed by atoms with Crippen molar-refractivity contribution in [1.82, 2.24) is 19.5 Å². The number of nitrogens with zero attached hydrogens (tertiary/aromatic N) is 4. The molecule has 33 heavy (non-hydrogen) atoms. The summed E-state index contributed by atoms with van der Waals surface area (Å²) in [6, 6.07) is 4.02. The van der Waals surface area contributed by atoms with Crippen molar-refractivity contribution in [2.45, 2.75) is 52.0 Å². The summed E-state index contributed by atoms with van der Waals surface area (Å²) in [7, 11) is 0. The summed E-state index contributed by atoms with van der Waals surface area (Å²) in [6.45, 7) is 3.65. The van der Waals surface area contributed by atoms with Gasteiger partial charge in [0.1, 0.15) is 17.0 Å². The van der Waals surface area contributed by atoms with Crippen molar-refractivity contribution in [2.24, 2.45) is 5.41 Å². The molecule has 1 fully saturated rings. The van der Waals surface area contributed by atoms with Crippen LogP contribution in [0.4, 0.5) is 24.8 Å². The van der Waals surface area contributed by atoms with Gasteiger partial charge in [0.2, 0.25) is 12.4 Å². The molecule has 1 saturated carbocycles. The van der Waals surface area contributed by atoms with Crippen LogP contribution < -0.4 is 16.0 Å². The zero-order valence-corrected chi connectivity index (χ0v) is 19.1. The van der Waals surface area contributed by atoms with Gasteiger partial charge >= 0.3 is 0 Å². The first-order chi connectivity index (χ1) is 15.7. The van der Waals surface area contributed by atoms with Crippen molar-refractivity contribution in [3.8, 4) is 11.3 Å². The second kappa shape index (κ2) is 9.20. The smallest absolute Gasteiger partial charge is 0.278 e. The van der Waals surface area contributed by atoms with Crippen molar-refractivity contribution in [1.29, 1.82) is 0 Å². The Morgan fingerprint density at radius 2 is 1.97 bits per heavy atom. The van der Waals surface area contributed by atoms with Crippen LogP contribution in [0.2, 0.25) is 0 Å². The van der Waals surface area contributed by atoms with Crippen LogP contribution in [0.3, 0.4) is 0 Å². The zero-order chi connectivity index (χ0) is 23.8. The van der Waals surface area contributed by atoms with E-state index in [-0.39, 0.29) is 29.1 Å². The maximum Gasteiger partial charge on any atom is 0.278 e. The Labute approximate surface area is 193 Å². The SMILES string of the molecule is CC(C)n1c(=O)c(-c2ccc(NSCC3(C(F)F)CCCC3)c(F)c2)nc2cnc(N)nc21. The molecule has 3 aromatic rings. The minimum Gasteiger partial charge on any atom is -0.368 e. The fourth-order valence-electron chi connectivity index (χ4n) is 4.19. The Kier molecular flexibility index (Phi) is 6.51. The normalized spacial score (nSPS) is 15.6. The van der Waals surface area contributed by atoms with Crippen molar-refractivity contribution in [3.05, 3.63) is 40.6 Å². The molecule has 2 heterocycles. The Balaban J connectivity index is 1.61. The average Bonchev–Trinajstić information content (AvgIpc) is 3.24. The quantitative estimate of drug-likeness (QED) is 0.459. The van der Waals surface area contributed by atoms with E-state index in [1.54, 1.807) is 6.07 Å². The topological polar surface area (TPSA) is 98.7 Å². The molecular weight excluding hydrogens is 453 g/mol. The fourth-order valence-corrected chi connectivity index (χ4v) is 5.28. The molecule has 4 rings (SSSR count). The number of rotatable bonds is 7. The minimum atomic E-state index is -2.40. The molecule has 0 unspecified atom stereocenters. The van der Waals surface area contributed by atoms with E-state index in [2.05, 4.69) is 19.7 Å². The number of nitrogen functional groups attached to an aromatic ring is 1. The van der Waals surface area contributed by atoms with Gasteiger partial charge in [0.25, 0.3) is 5.56 Å². The van der Waals surface area contributed by atoms with Gasteiger partial charge in [-0.15, -0.1) is 0 Å². The van der Waals surface area contributed by atoms with Gasteiger partial charge in [0.05, 0.1) is 11.9 Å². The minimum absolute atomic E-state index is 0.0241. The summed E-state index contributed by atoms with van der Waals surface area (Å²) in [4.78, 5) is 25.6. The number of hydrogen-bond donors (Lipinski definition) is 2. The van der Waals surface area contributed by atoms with Crippen molar-refractivity contribution >= 4 is 34.7 Å². The Morgan fingerprint density at radius 3 is 2.61 bits per heavy atom. The van der Waals surface area contributed by atoms with Gasteiger partial charge in [0.15, 0.2) is 5.65 Å². The first-order valence-electron chi connectivity index (χ1n) is 10.7. The van der Waals surface area contributed by atoms with Crippen LogP contribution in [0.5, 0.6) is 0 Å². The monoisotopic (exact) mass is 478 g/mol. The van der Waals surface area contributed by atoms with E-state index in [0.717, 1.165) is 24.8 Å². The molecular formula is C22H25F3N6OS. The number of nitrogens with one attached hydrogen (secondary N) is 1. The molecule has 7 nitrogen and oxygen atoms in total. The Morgan fingerprint density at radius 1 is 1.24 bits per heavy atom. The van der Waals surface area contributed by atoms with Crippen LogP contribution in [-0.2, 0) is 0 Å². The van der Waals surface area contributed by atoms with Crippen LogP contribution in [0.15, 0.2) is 29.2 Å². The van der Waals surface area contributed by atoms with Crippen LogP contribution in [0.1, 0.15) is 45.6 Å². The van der Waals surface area contributed by atoms with Gasteiger partial charge in [-0.3, -0.25) is 9.36 Å². The molecule has 3 N–H and O–H groups in total. The standard InChI is InChI=1S/C22H25F3N6OS/c1-12(2)31-18-16(10-27-21(26)29-18)28-17(19(31)32)13-5-6-15(14(23)9-13)30-33-11-22(20(24)25)7-3-4-8-22/h5-6,9-10,12,20,30H,3-4,7-8,11H2,1-2H3,(H2,26,27,29). The number of aromatic nitrogens is 4. The highest BCUT2D eigenvalue weighted by Gasteiger charge is 2.42. The lowest BCUT2D eigenvalue weighted by Crippen LogP contribution is -2.29. The summed E-state index contributed by atoms with van der Waals surface area (Å²) >= 11 is 1.08. The first-order valence-corrected chi connectivity index (χ1v) is 11.7. The molecule has 1 aliphatic carbocycles. The number of alkyl halides is 2. The number of hydrogen-bond acceptors (Lipinski definition) is 7. The van der Waals surface area contributed by atoms with E-state index in [9.17, 15) is 18.0 Å². The predicted molar refractivity (Wildman–Crippen MR) is 125 cm³/mol. The number of nitrogens with two attached hydrogens (primary N) is 1. The van der Waals surface area contributed by atoms with E-state index in [1.165, 1.54) is 22.9 Å². The lowest BCUT2D eigenvalue weighted by Gasteiger charge is -2.27. The summed E-state index contributed by atoms with van der Waals surface area (Å²) in [6.07, 6.45) is 1.56. The Bertz CT molecular complexity index is 1230. The van der Waals surface area contributed by atoms with Crippen molar-refractivity contribution < 1.29 is 13.2 Å². The van der Waals surface area contributed by atoms with Crippen LogP contribution in [0, 0.1) is 11.2 Å². The third kappa shape index (κ3) is 4.50. The number of benzene rings is 1. The lowest BCUT2D eigenvalue weighted by molar-refractivity contribution is 0.0154. The number of fused-ring (bicyclic) bond motifs is 1. The van der Waals surface area contributed by atoms with E-state index >= 15 is 0 Å². The molecule has 1 aliphatic rings. The number of halogens is 3. The molecule has 0 radical (unpaired) electrons. The zero-order valence-electron chi connectivity index (χ0n) is 18.3. The lowest BCUT2D eigenvalue weighted by atomic mass is 9.89. The summed E-state index contributed by atoms with van der Waals surface area (Å²) in [5.74, 6) is -0.389. The molecule has 2 aromatic heterocycles. The highest BCUT2D eigenvalue weighted by molar-refractivity contribution is 8.00. The predicted octanol–water partition coefficient (Wildman–Crippen LogP) is 5.04. The molecule has 0 spiro atoms. The van der Waals surface area contributed by atoms with Crippen molar-refractivity contribution in [2.75, 3.05) is 16.2 Å². The van der Waals surface area contributed by atoms with Gasteiger partial charge in [-0.2, -0.15) is 4.98 Å². The van der Waals surface area contributed by atoms with Gasteiger partial charge in [-0.05, 0) is 38.8 Å². The molecule has 0 atom stereocenters. The van der Waals surface area contributed by atoms with Crippen molar-refractivity contribution in [3.63, 3.8) is 0 Å². The molecule has 1 aromatic carbocycles. The maximum atomic E-state index is 14.8. The fraction of sp³-hybridized carbons (Fsp3) is 0.455. The molecule has 0 aliphatic heterocycles. The second-order valence-electron chi connectivity index (χ2n) is 8.62. The van der Waals surface area contributed by atoms with E-state index in [0.29, 0.717) is 29.6 Å². The highest BCUT2D eigenvalue weighted by atomic mass is 32.2. The largest absolute Gasteiger partial charge is 0.368 e. The van der Waals surface area contributed by atoms with E-state index in [1.807, 2.05) is 13.8 Å². The summed E-state index contributed by atoms with van der Waals surface area (Å²) < 4.78 is 46.2. The third-order valence-electron chi connectivity index (χ3n) is 6.01. The second-order valence-corrected chi connectivity index (χ2v) is 9.40. The molecule has 0 amide bonds. The summed E-state index contributed by atoms with van der Waals surface area (Å²) in [5, 5.41) is 0. The van der Waals surface area contributed by atoms with Gasteiger partial charge in [-0.25, -0.2) is 23.1 Å². The highest BCUT2D eigenvalue weighted by Crippen LogP contribution is 2.45. The van der Waals surface area contributed by atoms with Crippen LogP contribution in [0.25, 0.3) is 22.4 Å². The van der Waals surface area contributed by atoms with Gasteiger partial charge in [0, 0.05) is 22.8 Å². The van der Waals surface area contributed by atoms with Gasteiger partial charge < -0.3 is 10.5 Å². The molecule has 0 saturated heterocycles. The molecule has 11 heteroatoms. The third-order valence-corrected chi connectivity index (χ3v) is 7.10. The van der Waals surface area contributed by atoms with E-state index in [4.69, 9.17) is 5.73 Å². The van der Waals surface area contributed by atoms with Crippen LogP contribution in [-0.4, -0.2) is 31.7 Å². The first kappa shape index (κ1) is 23.3. The molecule has 176 valence electrons. The molecule has 0 bridgehead atoms. The Hall–Kier alpha value is -2.82.